The Labute approximate surface area is 128 Å². The van der Waals surface area contributed by atoms with Crippen LogP contribution in [-0.2, 0) is 13.7 Å². The van der Waals surface area contributed by atoms with Crippen molar-refractivity contribution in [3.05, 3.63) is 46.2 Å². The lowest BCUT2D eigenvalue weighted by Crippen LogP contribution is -2.04. The average Bonchev–Trinajstić information content (AvgIpc) is 2.73. The van der Waals surface area contributed by atoms with Crippen LogP contribution < -0.4 is 4.74 Å². The van der Waals surface area contributed by atoms with E-state index in [1.165, 1.54) is 0 Å². The Bertz CT molecular complexity index is 648. The fraction of sp³-hybridized carbons (Fsp3) is 0.333. The van der Waals surface area contributed by atoms with E-state index in [1.807, 2.05) is 45.2 Å². The van der Waals surface area contributed by atoms with Gasteiger partial charge in [0.15, 0.2) is 0 Å². The van der Waals surface area contributed by atoms with E-state index in [2.05, 4.69) is 10.3 Å². The second-order valence-electron chi connectivity index (χ2n) is 4.68. The lowest BCUT2D eigenvalue weighted by molar-refractivity contribution is 0.295. The maximum atomic E-state index is 8.90. The number of hydrogen-bond acceptors (Lipinski definition) is 4. The second kappa shape index (κ2) is 6.63. The first-order valence-electron chi connectivity index (χ1n) is 6.69. The smallest absolute Gasteiger partial charge is 0.131 e. The maximum Gasteiger partial charge on any atom is 0.131 e. The van der Waals surface area contributed by atoms with Crippen LogP contribution in [0, 0.1) is 6.92 Å². The van der Waals surface area contributed by atoms with Crippen LogP contribution in [0.4, 0.5) is 0 Å². The van der Waals surface area contributed by atoms with Crippen molar-refractivity contribution in [2.45, 2.75) is 26.9 Å². The summed E-state index contributed by atoms with van der Waals surface area (Å²) in [4.78, 5) is 0. The van der Waals surface area contributed by atoms with Crippen LogP contribution in [0.1, 0.15) is 30.3 Å². The van der Waals surface area contributed by atoms with Crippen molar-refractivity contribution in [3.63, 3.8) is 0 Å². The number of hydrogen-bond donors (Lipinski definition) is 1. The van der Waals surface area contributed by atoms with Crippen molar-refractivity contribution in [1.29, 1.82) is 0 Å². The van der Waals surface area contributed by atoms with Gasteiger partial charge in [0, 0.05) is 7.05 Å². The molecule has 112 valence electrons. The van der Waals surface area contributed by atoms with E-state index in [4.69, 9.17) is 21.5 Å². The van der Waals surface area contributed by atoms with Gasteiger partial charge in [0.2, 0.25) is 0 Å². The molecule has 0 atom stereocenters. The van der Waals surface area contributed by atoms with Crippen LogP contribution >= 0.6 is 11.6 Å². The van der Waals surface area contributed by atoms with Crippen LogP contribution in [0.2, 0.25) is 5.02 Å². The van der Waals surface area contributed by atoms with Gasteiger partial charge in [-0.3, -0.25) is 4.68 Å². The molecule has 0 fully saturated rings. The van der Waals surface area contributed by atoms with Gasteiger partial charge in [-0.15, -0.1) is 0 Å². The third kappa shape index (κ3) is 3.36. The van der Waals surface area contributed by atoms with E-state index in [1.54, 1.807) is 4.68 Å². The molecule has 2 rings (SSSR count). The van der Waals surface area contributed by atoms with Gasteiger partial charge in [-0.2, -0.15) is 5.10 Å². The van der Waals surface area contributed by atoms with Crippen molar-refractivity contribution in [2.24, 2.45) is 12.2 Å². The zero-order valence-electron chi connectivity index (χ0n) is 12.3. The highest BCUT2D eigenvalue weighted by molar-refractivity contribution is 6.31. The normalized spacial score (nSPS) is 11.7. The molecule has 2 aromatic rings. The van der Waals surface area contributed by atoms with Crippen molar-refractivity contribution >= 4 is 17.3 Å². The van der Waals surface area contributed by atoms with Gasteiger partial charge in [0.05, 0.1) is 22.1 Å². The molecule has 0 saturated heterocycles. The molecule has 1 N–H and O–H groups in total. The van der Waals surface area contributed by atoms with Crippen LogP contribution in [0.5, 0.6) is 5.75 Å². The number of halogens is 1. The maximum absolute atomic E-state index is 8.90. The Hall–Kier alpha value is -2.01. The number of nitrogens with zero attached hydrogens (tertiary/aromatic N) is 3. The number of aromatic nitrogens is 2. The van der Waals surface area contributed by atoms with Crippen molar-refractivity contribution < 1.29 is 9.94 Å². The molecule has 0 bridgehead atoms. The third-order valence-corrected chi connectivity index (χ3v) is 3.77. The molecule has 0 spiro atoms. The summed E-state index contributed by atoms with van der Waals surface area (Å²) in [5.41, 5.74) is 3.15. The molecule has 1 aromatic carbocycles. The van der Waals surface area contributed by atoms with E-state index in [0.717, 1.165) is 22.7 Å². The summed E-state index contributed by atoms with van der Waals surface area (Å²) in [5.74, 6) is 0.724. The van der Waals surface area contributed by atoms with E-state index < -0.39 is 0 Å². The van der Waals surface area contributed by atoms with Crippen LogP contribution in [0.3, 0.4) is 0 Å². The van der Waals surface area contributed by atoms with Crippen LogP contribution in [0.15, 0.2) is 29.4 Å². The summed E-state index contributed by atoms with van der Waals surface area (Å²) >= 11 is 6.18. The fourth-order valence-electron chi connectivity index (χ4n) is 2.06. The Morgan fingerprint density at radius 1 is 1.38 bits per heavy atom. The Kier molecular flexibility index (Phi) is 4.85. The van der Waals surface area contributed by atoms with Gasteiger partial charge in [-0.25, -0.2) is 0 Å². The predicted octanol–water partition coefficient (Wildman–Crippen LogP) is 3.55. The molecule has 5 nitrogen and oxygen atoms in total. The summed E-state index contributed by atoms with van der Waals surface area (Å²) in [6.45, 7) is 4.15. The third-order valence-electron chi connectivity index (χ3n) is 3.28. The van der Waals surface area contributed by atoms with E-state index >= 15 is 0 Å². The van der Waals surface area contributed by atoms with Gasteiger partial charge in [0.25, 0.3) is 0 Å². The molecule has 0 saturated carbocycles. The largest absolute Gasteiger partial charge is 0.487 e. The molecule has 1 heterocycles. The molecular weight excluding hydrogens is 290 g/mol. The number of oxime groups is 1. The SMILES string of the molecule is CCC(=NO)c1ccc(OCc2c(Cl)c(C)nn2C)cc1. The average molecular weight is 308 g/mol. The molecule has 0 aliphatic rings. The molecule has 6 heteroatoms. The molecule has 0 amide bonds. The number of aryl methyl sites for hydroxylation is 2. The Balaban J connectivity index is 2.07. The molecule has 1 aromatic heterocycles. The first kappa shape index (κ1) is 15.4. The lowest BCUT2D eigenvalue weighted by atomic mass is 10.1. The highest BCUT2D eigenvalue weighted by atomic mass is 35.5. The number of ether oxygens (including phenoxy) is 1. The van der Waals surface area contributed by atoms with Crippen molar-refractivity contribution in [1.82, 2.24) is 9.78 Å². The summed E-state index contributed by atoms with van der Waals surface area (Å²) < 4.78 is 7.44. The van der Waals surface area contributed by atoms with E-state index in [0.29, 0.717) is 23.8 Å². The minimum atomic E-state index is 0.351. The van der Waals surface area contributed by atoms with Crippen molar-refractivity contribution in [2.75, 3.05) is 0 Å². The van der Waals surface area contributed by atoms with Crippen molar-refractivity contribution in [3.8, 4) is 5.75 Å². The molecule has 0 radical (unpaired) electrons. The first-order chi connectivity index (χ1) is 10.1. The van der Waals surface area contributed by atoms with Crippen LogP contribution in [-0.4, -0.2) is 20.7 Å². The Morgan fingerprint density at radius 2 is 2.05 bits per heavy atom. The predicted molar refractivity (Wildman–Crippen MR) is 82.3 cm³/mol. The minimum Gasteiger partial charge on any atom is -0.487 e. The first-order valence-corrected chi connectivity index (χ1v) is 7.06. The summed E-state index contributed by atoms with van der Waals surface area (Å²) in [6.07, 6.45) is 0.667. The summed E-state index contributed by atoms with van der Waals surface area (Å²) in [7, 11) is 1.84. The van der Waals surface area contributed by atoms with Gasteiger partial charge >= 0.3 is 0 Å². The van der Waals surface area contributed by atoms with Gasteiger partial charge in [0.1, 0.15) is 12.4 Å². The summed E-state index contributed by atoms with van der Waals surface area (Å²) in [6, 6.07) is 7.41. The molecule has 0 aliphatic carbocycles. The van der Waals surface area contributed by atoms with E-state index in [9.17, 15) is 0 Å². The Morgan fingerprint density at radius 3 is 2.52 bits per heavy atom. The monoisotopic (exact) mass is 307 g/mol. The zero-order valence-corrected chi connectivity index (χ0v) is 13.1. The van der Waals surface area contributed by atoms with Gasteiger partial charge < -0.3 is 9.94 Å². The molecular formula is C15H18ClN3O2. The molecule has 0 unspecified atom stereocenters. The molecule has 0 aliphatic heterocycles. The lowest BCUT2D eigenvalue weighted by Gasteiger charge is -2.08. The van der Waals surface area contributed by atoms with E-state index in [-0.39, 0.29) is 0 Å². The highest BCUT2D eigenvalue weighted by Crippen LogP contribution is 2.22. The fourth-order valence-corrected chi connectivity index (χ4v) is 2.28. The number of rotatable bonds is 5. The standard InChI is InChI=1S/C15H18ClN3O2/c1-4-13(18-20)11-5-7-12(8-6-11)21-9-14-15(16)10(2)17-19(14)3/h5-8,20H,4,9H2,1-3H3. The quantitative estimate of drug-likeness (QED) is 0.522. The van der Waals surface area contributed by atoms with Gasteiger partial charge in [-0.1, -0.05) is 23.7 Å². The molecule has 21 heavy (non-hydrogen) atoms. The second-order valence-corrected chi connectivity index (χ2v) is 5.06. The van der Waals surface area contributed by atoms with Gasteiger partial charge in [-0.05, 0) is 43.2 Å². The summed E-state index contributed by atoms with van der Waals surface area (Å²) in [5, 5.41) is 17.0. The highest BCUT2D eigenvalue weighted by Gasteiger charge is 2.11. The van der Waals surface area contributed by atoms with Crippen LogP contribution in [0.25, 0.3) is 0 Å². The minimum absolute atomic E-state index is 0.351. The topological polar surface area (TPSA) is 59.6 Å². The number of benzene rings is 1. The zero-order chi connectivity index (χ0) is 15.4.